The maximum absolute atomic E-state index is 13.8. The topological polar surface area (TPSA) is 46.3 Å². The first kappa shape index (κ1) is 15.2. The number of hydrogen-bond donors (Lipinski definition) is 1. The molecule has 1 aromatic carbocycles. The molecule has 110 valence electrons. The summed E-state index contributed by atoms with van der Waals surface area (Å²) in [6, 6.07) is 1.55. The van der Waals surface area contributed by atoms with Crippen LogP contribution in [-0.4, -0.2) is 29.9 Å². The lowest BCUT2D eigenvalue weighted by Gasteiger charge is -2.38. The SMILES string of the molecule is CC1CCN(C(=O)c2cc(F)c(Cl)cc2F)C(CN)C1. The summed E-state index contributed by atoms with van der Waals surface area (Å²) in [4.78, 5) is 13.9. The predicted octanol–water partition coefficient (Wildman–Crippen LogP) is 2.82. The molecule has 20 heavy (non-hydrogen) atoms. The van der Waals surface area contributed by atoms with Gasteiger partial charge in [-0.15, -0.1) is 0 Å². The third-order valence-corrected chi connectivity index (χ3v) is 4.04. The molecule has 1 aliphatic rings. The molecule has 1 saturated heterocycles. The van der Waals surface area contributed by atoms with Crippen LogP contribution in [0.4, 0.5) is 8.78 Å². The second kappa shape index (κ2) is 6.06. The van der Waals surface area contributed by atoms with E-state index in [4.69, 9.17) is 17.3 Å². The van der Waals surface area contributed by atoms with Crippen LogP contribution in [0, 0.1) is 17.6 Å². The smallest absolute Gasteiger partial charge is 0.257 e. The van der Waals surface area contributed by atoms with E-state index < -0.39 is 17.5 Å². The van der Waals surface area contributed by atoms with Gasteiger partial charge >= 0.3 is 0 Å². The van der Waals surface area contributed by atoms with Crippen molar-refractivity contribution in [1.29, 1.82) is 0 Å². The van der Waals surface area contributed by atoms with Gasteiger partial charge in [-0.25, -0.2) is 8.78 Å². The molecule has 2 unspecified atom stereocenters. The molecule has 0 bridgehead atoms. The van der Waals surface area contributed by atoms with Crippen LogP contribution >= 0.6 is 11.6 Å². The second-order valence-electron chi connectivity index (χ2n) is 5.26. The fourth-order valence-electron chi connectivity index (χ4n) is 2.58. The molecule has 1 amide bonds. The normalized spacial score (nSPS) is 22.9. The van der Waals surface area contributed by atoms with Crippen molar-refractivity contribution in [2.75, 3.05) is 13.1 Å². The summed E-state index contributed by atoms with van der Waals surface area (Å²) in [6.45, 7) is 2.91. The molecule has 0 saturated carbocycles. The Morgan fingerprint density at radius 2 is 2.15 bits per heavy atom. The van der Waals surface area contributed by atoms with Gasteiger partial charge in [-0.05, 0) is 30.9 Å². The van der Waals surface area contributed by atoms with E-state index in [0.717, 1.165) is 25.0 Å². The number of nitrogens with two attached hydrogens (primary N) is 1. The van der Waals surface area contributed by atoms with Crippen molar-refractivity contribution >= 4 is 17.5 Å². The van der Waals surface area contributed by atoms with Crippen LogP contribution in [0.15, 0.2) is 12.1 Å². The van der Waals surface area contributed by atoms with Crippen LogP contribution in [0.25, 0.3) is 0 Å². The van der Waals surface area contributed by atoms with Gasteiger partial charge < -0.3 is 10.6 Å². The molecule has 2 N–H and O–H groups in total. The van der Waals surface area contributed by atoms with Gasteiger partial charge in [0.05, 0.1) is 10.6 Å². The van der Waals surface area contributed by atoms with Crippen molar-refractivity contribution in [3.8, 4) is 0 Å². The van der Waals surface area contributed by atoms with Gasteiger partial charge in [-0.1, -0.05) is 18.5 Å². The molecular formula is C14H17ClF2N2O. The molecule has 0 aromatic heterocycles. The Bertz CT molecular complexity index is 524. The number of hydrogen-bond acceptors (Lipinski definition) is 2. The number of carbonyl (C=O) groups is 1. The van der Waals surface area contributed by atoms with Gasteiger partial charge in [0.15, 0.2) is 0 Å². The highest BCUT2D eigenvalue weighted by Gasteiger charge is 2.31. The summed E-state index contributed by atoms with van der Waals surface area (Å²) in [6.07, 6.45) is 1.61. The van der Waals surface area contributed by atoms with Crippen molar-refractivity contribution in [3.63, 3.8) is 0 Å². The molecule has 1 aromatic rings. The van der Waals surface area contributed by atoms with Crippen LogP contribution in [-0.2, 0) is 0 Å². The van der Waals surface area contributed by atoms with Gasteiger partial charge in [0, 0.05) is 19.1 Å². The Morgan fingerprint density at radius 1 is 1.45 bits per heavy atom. The summed E-state index contributed by atoms with van der Waals surface area (Å²) in [5.41, 5.74) is 5.39. The lowest BCUT2D eigenvalue weighted by Crippen LogP contribution is -2.49. The number of benzene rings is 1. The van der Waals surface area contributed by atoms with Crippen LogP contribution in [0.5, 0.6) is 0 Å². The van der Waals surface area contributed by atoms with E-state index >= 15 is 0 Å². The first-order chi connectivity index (χ1) is 9.43. The van der Waals surface area contributed by atoms with Crippen molar-refractivity contribution in [1.82, 2.24) is 4.90 Å². The van der Waals surface area contributed by atoms with Crippen LogP contribution in [0.1, 0.15) is 30.1 Å². The van der Waals surface area contributed by atoms with E-state index in [-0.39, 0.29) is 16.6 Å². The first-order valence-electron chi connectivity index (χ1n) is 6.59. The summed E-state index contributed by atoms with van der Waals surface area (Å²) < 4.78 is 27.2. The molecule has 0 aliphatic carbocycles. The first-order valence-corrected chi connectivity index (χ1v) is 6.97. The number of piperidine rings is 1. The second-order valence-corrected chi connectivity index (χ2v) is 5.67. The minimum atomic E-state index is -0.809. The molecule has 1 fully saturated rings. The zero-order valence-corrected chi connectivity index (χ0v) is 12.0. The zero-order chi connectivity index (χ0) is 14.9. The minimum Gasteiger partial charge on any atom is -0.334 e. The molecular weight excluding hydrogens is 286 g/mol. The highest BCUT2D eigenvalue weighted by molar-refractivity contribution is 6.30. The van der Waals surface area contributed by atoms with Crippen molar-refractivity contribution in [2.45, 2.75) is 25.8 Å². The molecule has 0 radical (unpaired) electrons. The number of amides is 1. The molecule has 2 atom stereocenters. The molecule has 6 heteroatoms. The fraction of sp³-hybridized carbons (Fsp3) is 0.500. The maximum atomic E-state index is 13.8. The Balaban J connectivity index is 2.28. The standard InChI is InChI=1S/C14H17ClF2N2O/c1-8-2-3-19(9(4-8)7-18)14(20)10-5-13(17)11(15)6-12(10)16/h5-6,8-9H,2-4,7,18H2,1H3. The van der Waals surface area contributed by atoms with E-state index in [1.165, 1.54) is 4.90 Å². The third kappa shape index (κ3) is 2.94. The molecule has 1 aliphatic heterocycles. The number of carbonyl (C=O) groups excluding carboxylic acids is 1. The van der Waals surface area contributed by atoms with E-state index in [2.05, 4.69) is 6.92 Å². The highest BCUT2D eigenvalue weighted by atomic mass is 35.5. The van der Waals surface area contributed by atoms with Gasteiger partial charge in [0.25, 0.3) is 5.91 Å². The average molecular weight is 303 g/mol. The van der Waals surface area contributed by atoms with E-state index in [0.29, 0.717) is 19.0 Å². The Kier molecular flexibility index (Phi) is 4.60. The summed E-state index contributed by atoms with van der Waals surface area (Å²) >= 11 is 5.49. The lowest BCUT2D eigenvalue weighted by molar-refractivity contribution is 0.0568. The van der Waals surface area contributed by atoms with Gasteiger partial charge in [-0.3, -0.25) is 4.79 Å². The van der Waals surface area contributed by atoms with Crippen molar-refractivity contribution < 1.29 is 13.6 Å². The fourth-order valence-corrected chi connectivity index (χ4v) is 2.73. The zero-order valence-electron chi connectivity index (χ0n) is 11.2. The Morgan fingerprint density at radius 3 is 2.80 bits per heavy atom. The van der Waals surface area contributed by atoms with Gasteiger partial charge in [0.1, 0.15) is 11.6 Å². The van der Waals surface area contributed by atoms with Crippen LogP contribution in [0.2, 0.25) is 5.02 Å². The average Bonchev–Trinajstić information content (AvgIpc) is 2.42. The Labute approximate surface area is 121 Å². The predicted molar refractivity (Wildman–Crippen MR) is 73.6 cm³/mol. The van der Waals surface area contributed by atoms with Crippen molar-refractivity contribution in [3.05, 3.63) is 34.4 Å². The van der Waals surface area contributed by atoms with E-state index in [9.17, 15) is 13.6 Å². The number of rotatable bonds is 2. The summed E-state index contributed by atoms with van der Waals surface area (Å²) in [7, 11) is 0. The minimum absolute atomic E-state index is 0.135. The summed E-state index contributed by atoms with van der Waals surface area (Å²) in [5.74, 6) is -1.67. The molecule has 2 rings (SSSR count). The van der Waals surface area contributed by atoms with Gasteiger partial charge in [0.2, 0.25) is 0 Å². The number of halogens is 3. The highest BCUT2D eigenvalue weighted by Crippen LogP contribution is 2.26. The number of likely N-dealkylation sites (tertiary alicyclic amines) is 1. The quantitative estimate of drug-likeness (QED) is 0.854. The molecule has 1 heterocycles. The largest absolute Gasteiger partial charge is 0.334 e. The summed E-state index contributed by atoms with van der Waals surface area (Å²) in [5, 5.41) is -0.332. The monoisotopic (exact) mass is 302 g/mol. The maximum Gasteiger partial charge on any atom is 0.257 e. The van der Waals surface area contributed by atoms with Crippen molar-refractivity contribution in [2.24, 2.45) is 11.7 Å². The van der Waals surface area contributed by atoms with E-state index in [1.54, 1.807) is 0 Å². The van der Waals surface area contributed by atoms with Crippen LogP contribution < -0.4 is 5.73 Å². The van der Waals surface area contributed by atoms with Gasteiger partial charge in [-0.2, -0.15) is 0 Å². The molecule has 3 nitrogen and oxygen atoms in total. The lowest BCUT2D eigenvalue weighted by atomic mass is 9.92. The Hall–Kier alpha value is -1.20. The third-order valence-electron chi connectivity index (χ3n) is 3.75. The van der Waals surface area contributed by atoms with E-state index in [1.807, 2.05) is 0 Å². The molecule has 0 spiro atoms. The number of nitrogens with zero attached hydrogens (tertiary/aromatic N) is 1. The van der Waals surface area contributed by atoms with Crippen LogP contribution in [0.3, 0.4) is 0 Å².